The van der Waals surface area contributed by atoms with Crippen molar-refractivity contribution in [3.05, 3.63) is 46.5 Å². The number of pyridine rings is 1. The Morgan fingerprint density at radius 3 is 2.90 bits per heavy atom. The highest BCUT2D eigenvalue weighted by molar-refractivity contribution is 6.33. The fourth-order valence-corrected chi connectivity index (χ4v) is 1.99. The van der Waals surface area contributed by atoms with Gasteiger partial charge in [0.15, 0.2) is 0 Å². The molecule has 0 spiro atoms. The molecule has 21 heavy (non-hydrogen) atoms. The summed E-state index contributed by atoms with van der Waals surface area (Å²) in [6.07, 6.45) is 2.45. The van der Waals surface area contributed by atoms with Crippen molar-refractivity contribution in [3.8, 4) is 0 Å². The molecule has 0 aliphatic rings. The second-order valence-corrected chi connectivity index (χ2v) is 5.08. The molecular formula is C15H18ClN3O2. The number of nitrogens with one attached hydrogen (secondary N) is 2. The number of furan rings is 1. The van der Waals surface area contributed by atoms with Crippen LogP contribution in [0.2, 0.25) is 5.02 Å². The van der Waals surface area contributed by atoms with Crippen LogP contribution in [0.1, 0.15) is 35.2 Å². The molecule has 0 aliphatic carbocycles. The van der Waals surface area contributed by atoms with Gasteiger partial charge < -0.3 is 15.1 Å². The molecule has 0 aromatic carbocycles. The van der Waals surface area contributed by atoms with E-state index in [2.05, 4.69) is 22.5 Å². The molecule has 2 aromatic rings. The molecule has 0 bridgehead atoms. The highest BCUT2D eigenvalue weighted by atomic mass is 35.5. The van der Waals surface area contributed by atoms with E-state index in [1.165, 1.54) is 6.20 Å². The van der Waals surface area contributed by atoms with Crippen LogP contribution in [0.25, 0.3) is 0 Å². The Bertz CT molecular complexity index is 625. The molecule has 0 aliphatic heterocycles. The van der Waals surface area contributed by atoms with E-state index in [0.717, 1.165) is 18.7 Å². The number of rotatable bonds is 6. The van der Waals surface area contributed by atoms with E-state index in [4.69, 9.17) is 16.0 Å². The van der Waals surface area contributed by atoms with E-state index in [1.807, 2.05) is 19.1 Å². The SMILES string of the molecule is CCCNc1cc(C(=O)NCc2ccc(C)o2)c(Cl)cn1. The molecule has 1 amide bonds. The number of halogens is 1. The van der Waals surface area contributed by atoms with Crippen molar-refractivity contribution in [1.82, 2.24) is 10.3 Å². The van der Waals surface area contributed by atoms with Crippen molar-refractivity contribution in [2.45, 2.75) is 26.8 Å². The highest BCUT2D eigenvalue weighted by Crippen LogP contribution is 2.18. The Morgan fingerprint density at radius 2 is 2.24 bits per heavy atom. The lowest BCUT2D eigenvalue weighted by Crippen LogP contribution is -2.23. The van der Waals surface area contributed by atoms with E-state index >= 15 is 0 Å². The number of nitrogens with zero attached hydrogens (tertiary/aromatic N) is 1. The Kier molecular flexibility index (Phi) is 5.22. The van der Waals surface area contributed by atoms with E-state index < -0.39 is 0 Å². The molecule has 2 rings (SSSR count). The summed E-state index contributed by atoms with van der Waals surface area (Å²) in [6.45, 7) is 5.03. The molecule has 2 heterocycles. The minimum Gasteiger partial charge on any atom is -0.465 e. The van der Waals surface area contributed by atoms with Crippen LogP contribution in [0.4, 0.5) is 5.82 Å². The third-order valence-corrected chi connectivity index (χ3v) is 3.18. The topological polar surface area (TPSA) is 67.2 Å². The first kappa shape index (κ1) is 15.4. The van der Waals surface area contributed by atoms with Gasteiger partial charge in [0.2, 0.25) is 0 Å². The van der Waals surface area contributed by atoms with Gasteiger partial charge in [-0.1, -0.05) is 18.5 Å². The second kappa shape index (κ2) is 7.13. The maximum Gasteiger partial charge on any atom is 0.253 e. The van der Waals surface area contributed by atoms with E-state index in [9.17, 15) is 4.79 Å². The first-order valence-corrected chi connectivity index (χ1v) is 7.21. The molecule has 2 N–H and O–H groups in total. The molecule has 112 valence electrons. The minimum absolute atomic E-state index is 0.254. The maximum absolute atomic E-state index is 12.2. The largest absolute Gasteiger partial charge is 0.465 e. The van der Waals surface area contributed by atoms with Gasteiger partial charge in [-0.3, -0.25) is 4.79 Å². The molecule has 6 heteroatoms. The zero-order chi connectivity index (χ0) is 15.2. The quantitative estimate of drug-likeness (QED) is 0.858. The minimum atomic E-state index is -0.254. The third kappa shape index (κ3) is 4.23. The van der Waals surface area contributed by atoms with Crippen LogP contribution in [0, 0.1) is 6.92 Å². The molecule has 0 atom stereocenters. The number of anilines is 1. The van der Waals surface area contributed by atoms with Gasteiger partial charge >= 0.3 is 0 Å². The van der Waals surface area contributed by atoms with Gasteiger partial charge in [-0.15, -0.1) is 0 Å². The average Bonchev–Trinajstić information content (AvgIpc) is 2.89. The number of hydrogen-bond acceptors (Lipinski definition) is 4. The van der Waals surface area contributed by atoms with E-state index in [0.29, 0.717) is 28.7 Å². The summed E-state index contributed by atoms with van der Waals surface area (Å²) in [7, 11) is 0. The number of aromatic nitrogens is 1. The van der Waals surface area contributed by atoms with Crippen molar-refractivity contribution in [3.63, 3.8) is 0 Å². The Hall–Kier alpha value is -2.01. The lowest BCUT2D eigenvalue weighted by molar-refractivity contribution is 0.0948. The predicted octanol–water partition coefficient (Wildman–Crippen LogP) is 3.39. The first-order valence-electron chi connectivity index (χ1n) is 6.83. The summed E-state index contributed by atoms with van der Waals surface area (Å²) < 4.78 is 5.40. The van der Waals surface area contributed by atoms with Crippen molar-refractivity contribution in [2.24, 2.45) is 0 Å². The van der Waals surface area contributed by atoms with Gasteiger partial charge in [0.05, 0.1) is 17.1 Å². The zero-order valence-electron chi connectivity index (χ0n) is 12.1. The zero-order valence-corrected chi connectivity index (χ0v) is 12.8. The smallest absolute Gasteiger partial charge is 0.253 e. The van der Waals surface area contributed by atoms with Crippen LogP contribution >= 0.6 is 11.6 Å². The average molecular weight is 308 g/mol. The predicted molar refractivity (Wildman–Crippen MR) is 82.6 cm³/mol. The van der Waals surface area contributed by atoms with E-state index in [1.54, 1.807) is 6.07 Å². The molecule has 2 aromatic heterocycles. The lowest BCUT2D eigenvalue weighted by atomic mass is 10.2. The highest BCUT2D eigenvalue weighted by Gasteiger charge is 2.12. The second-order valence-electron chi connectivity index (χ2n) is 4.67. The van der Waals surface area contributed by atoms with Crippen molar-refractivity contribution in [1.29, 1.82) is 0 Å². The van der Waals surface area contributed by atoms with Crippen LogP contribution in [-0.4, -0.2) is 17.4 Å². The Morgan fingerprint density at radius 1 is 1.43 bits per heavy atom. The van der Waals surface area contributed by atoms with E-state index in [-0.39, 0.29) is 5.91 Å². The summed E-state index contributed by atoms with van der Waals surface area (Å²) in [5.41, 5.74) is 0.397. The molecule has 5 nitrogen and oxygen atoms in total. The molecule has 0 saturated heterocycles. The Labute approximate surface area is 128 Å². The summed E-state index contributed by atoms with van der Waals surface area (Å²) in [4.78, 5) is 16.3. The van der Waals surface area contributed by atoms with Gasteiger partial charge in [-0.2, -0.15) is 0 Å². The summed E-state index contributed by atoms with van der Waals surface area (Å²) in [5, 5.41) is 6.23. The number of carbonyl (C=O) groups excluding carboxylic acids is 1. The van der Waals surface area contributed by atoms with Gasteiger partial charge in [-0.05, 0) is 31.5 Å². The van der Waals surface area contributed by atoms with Crippen LogP contribution in [0.15, 0.2) is 28.8 Å². The third-order valence-electron chi connectivity index (χ3n) is 2.88. The van der Waals surface area contributed by atoms with Crippen LogP contribution in [0.5, 0.6) is 0 Å². The van der Waals surface area contributed by atoms with Crippen LogP contribution in [-0.2, 0) is 6.54 Å². The first-order chi connectivity index (χ1) is 10.1. The molecule has 0 radical (unpaired) electrons. The monoisotopic (exact) mass is 307 g/mol. The fourth-order valence-electron chi connectivity index (χ4n) is 1.81. The van der Waals surface area contributed by atoms with Crippen molar-refractivity contribution >= 4 is 23.3 Å². The van der Waals surface area contributed by atoms with Crippen LogP contribution in [0.3, 0.4) is 0 Å². The van der Waals surface area contributed by atoms with Gasteiger partial charge in [0, 0.05) is 12.7 Å². The molecule has 0 saturated carbocycles. The number of carbonyl (C=O) groups is 1. The number of hydrogen-bond donors (Lipinski definition) is 2. The normalized spacial score (nSPS) is 10.4. The summed E-state index contributed by atoms with van der Waals surface area (Å²) in [6, 6.07) is 5.34. The molecular weight excluding hydrogens is 290 g/mol. The van der Waals surface area contributed by atoms with Gasteiger partial charge in [0.1, 0.15) is 17.3 Å². The summed E-state index contributed by atoms with van der Waals surface area (Å²) >= 11 is 6.04. The Balaban J connectivity index is 2.03. The fraction of sp³-hybridized carbons (Fsp3) is 0.333. The van der Waals surface area contributed by atoms with Crippen molar-refractivity contribution in [2.75, 3.05) is 11.9 Å². The maximum atomic E-state index is 12.2. The number of aryl methyl sites for hydroxylation is 1. The van der Waals surface area contributed by atoms with Gasteiger partial charge in [-0.25, -0.2) is 4.98 Å². The molecule has 0 fully saturated rings. The standard InChI is InChI=1S/C15H18ClN3O2/c1-3-6-17-14-7-12(13(16)9-18-14)15(20)19-8-11-5-4-10(2)21-11/h4-5,7,9H,3,6,8H2,1-2H3,(H,17,18)(H,19,20). The molecule has 0 unspecified atom stereocenters. The lowest BCUT2D eigenvalue weighted by Gasteiger charge is -2.08. The van der Waals surface area contributed by atoms with Gasteiger partial charge in [0.25, 0.3) is 5.91 Å². The van der Waals surface area contributed by atoms with Crippen LogP contribution < -0.4 is 10.6 Å². The number of amides is 1. The summed E-state index contributed by atoms with van der Waals surface area (Å²) in [5.74, 6) is 1.90. The van der Waals surface area contributed by atoms with Crippen molar-refractivity contribution < 1.29 is 9.21 Å².